The molecule has 9 aromatic rings. The van der Waals surface area contributed by atoms with E-state index in [0.717, 1.165) is 44.5 Å². The van der Waals surface area contributed by atoms with Crippen LogP contribution in [0.4, 0.5) is 5.69 Å². The van der Waals surface area contributed by atoms with E-state index in [9.17, 15) is 0 Å². The van der Waals surface area contributed by atoms with Crippen molar-refractivity contribution in [1.82, 2.24) is 44.9 Å². The van der Waals surface area contributed by atoms with Crippen LogP contribution in [0.2, 0.25) is 0 Å². The molecule has 3 heterocycles. The van der Waals surface area contributed by atoms with E-state index < -0.39 is 0 Å². The molecule has 0 aliphatic carbocycles. The van der Waals surface area contributed by atoms with Crippen LogP contribution in [0.15, 0.2) is 164 Å². The maximum absolute atomic E-state index is 7.38. The Balaban J connectivity index is 1.15. The number of aryl methyl sites for hydroxylation is 1. The van der Waals surface area contributed by atoms with E-state index in [-0.39, 0.29) is 0 Å². The van der Waals surface area contributed by atoms with Gasteiger partial charge in [0.15, 0.2) is 52.3 Å². The van der Waals surface area contributed by atoms with Gasteiger partial charge in [-0.1, -0.05) is 152 Å². The van der Waals surface area contributed by atoms with Crippen molar-refractivity contribution in [1.29, 1.82) is 0 Å². The van der Waals surface area contributed by atoms with Gasteiger partial charge in [-0.3, -0.25) is 0 Å². The zero-order chi connectivity index (χ0) is 38.6. The second-order valence-corrected chi connectivity index (χ2v) is 13.1. The molecular formula is C47H30N10. The maximum atomic E-state index is 7.38. The summed E-state index contributed by atoms with van der Waals surface area (Å²) in [5, 5.41) is 0. The highest BCUT2D eigenvalue weighted by atomic mass is 15.1. The third-order valence-electron chi connectivity index (χ3n) is 9.13. The van der Waals surface area contributed by atoms with Gasteiger partial charge in [-0.25, -0.2) is 49.7 Å². The number of aromatic nitrogens is 9. The van der Waals surface area contributed by atoms with Crippen molar-refractivity contribution in [2.24, 2.45) is 0 Å². The molecule has 0 spiro atoms. The molecular weight excluding hydrogens is 705 g/mol. The Kier molecular flexibility index (Phi) is 9.28. The first kappa shape index (κ1) is 34.6. The molecule has 0 saturated heterocycles. The van der Waals surface area contributed by atoms with Gasteiger partial charge in [0.1, 0.15) is 5.82 Å². The first-order valence-electron chi connectivity index (χ1n) is 18.2. The molecule has 10 heteroatoms. The van der Waals surface area contributed by atoms with Gasteiger partial charge in [0, 0.05) is 44.5 Å². The highest BCUT2D eigenvalue weighted by molar-refractivity contribution is 5.74. The molecule has 0 aliphatic rings. The van der Waals surface area contributed by atoms with Crippen molar-refractivity contribution in [3.05, 3.63) is 181 Å². The minimum Gasteiger partial charge on any atom is -0.238 e. The van der Waals surface area contributed by atoms with Crippen LogP contribution in [0.3, 0.4) is 0 Å². The molecule has 0 unspecified atom stereocenters. The van der Waals surface area contributed by atoms with E-state index >= 15 is 0 Å². The van der Waals surface area contributed by atoms with Gasteiger partial charge >= 0.3 is 0 Å². The van der Waals surface area contributed by atoms with E-state index in [1.54, 1.807) is 12.1 Å². The second kappa shape index (κ2) is 15.3. The lowest BCUT2D eigenvalue weighted by molar-refractivity contribution is 0.992. The maximum Gasteiger partial charge on any atom is 0.187 e. The molecule has 0 N–H and O–H groups in total. The van der Waals surface area contributed by atoms with Crippen LogP contribution in [0.5, 0.6) is 0 Å². The third-order valence-corrected chi connectivity index (χ3v) is 9.13. The number of hydrogen-bond donors (Lipinski definition) is 0. The van der Waals surface area contributed by atoms with E-state index in [2.05, 4.69) is 14.8 Å². The Labute approximate surface area is 328 Å². The topological polar surface area (TPSA) is 120 Å². The van der Waals surface area contributed by atoms with E-state index in [4.69, 9.17) is 41.5 Å². The summed E-state index contributed by atoms with van der Waals surface area (Å²) in [6.07, 6.45) is 0. The first-order chi connectivity index (χ1) is 28.1. The van der Waals surface area contributed by atoms with Crippen LogP contribution in [0.25, 0.3) is 95.9 Å². The SMILES string of the molecule is [C-]#[N+]c1ccc(-c2nc(-c3ccccc3)nc(-c3cccc(-c4nc(-c5ccccc5)nc(-c5cccc(-c6nc(C)nc(-c7ccccc7)n6)c5)n4)c3)n2)cc1. The molecule has 57 heavy (non-hydrogen) atoms. The van der Waals surface area contributed by atoms with Crippen molar-refractivity contribution in [3.8, 4) is 91.1 Å². The summed E-state index contributed by atoms with van der Waals surface area (Å²) in [5.41, 5.74) is 7.06. The van der Waals surface area contributed by atoms with Gasteiger partial charge in [0.2, 0.25) is 0 Å². The van der Waals surface area contributed by atoms with Crippen molar-refractivity contribution in [3.63, 3.8) is 0 Å². The first-order valence-corrected chi connectivity index (χ1v) is 18.2. The summed E-state index contributed by atoms with van der Waals surface area (Å²) in [5.74, 6) is 4.83. The lowest BCUT2D eigenvalue weighted by Gasteiger charge is -2.11. The molecule has 3 aromatic heterocycles. The van der Waals surface area contributed by atoms with Crippen LogP contribution in [-0.4, -0.2) is 44.9 Å². The molecule has 0 atom stereocenters. The van der Waals surface area contributed by atoms with Crippen molar-refractivity contribution in [2.45, 2.75) is 6.92 Å². The molecule has 0 amide bonds. The highest BCUT2D eigenvalue weighted by Gasteiger charge is 2.17. The summed E-state index contributed by atoms with van der Waals surface area (Å²) >= 11 is 0. The molecule has 0 radical (unpaired) electrons. The quantitative estimate of drug-likeness (QED) is 0.140. The predicted molar refractivity (Wildman–Crippen MR) is 221 cm³/mol. The van der Waals surface area contributed by atoms with Gasteiger partial charge in [-0.05, 0) is 19.1 Å². The minimum atomic E-state index is 0.487. The van der Waals surface area contributed by atoms with Crippen LogP contribution < -0.4 is 0 Å². The Morgan fingerprint density at radius 1 is 0.298 bits per heavy atom. The standard InChI is InChI=1S/C47H30N10/c1-30-49-40(31-14-6-3-7-15-31)51-44(50-30)35-20-12-21-36(28-35)46-54-42(33-18-10-5-11-19-33)55-47(57-46)38-23-13-22-37(29-38)45-53-41(32-16-8-4-9-17-32)52-43(56-45)34-24-26-39(48-2)27-25-34/h3-29H,1H3. The zero-order valence-corrected chi connectivity index (χ0v) is 30.6. The van der Waals surface area contributed by atoms with Gasteiger partial charge in [-0.15, -0.1) is 0 Å². The molecule has 268 valence electrons. The van der Waals surface area contributed by atoms with Gasteiger partial charge < -0.3 is 0 Å². The van der Waals surface area contributed by atoms with Crippen molar-refractivity contribution < 1.29 is 0 Å². The lowest BCUT2D eigenvalue weighted by atomic mass is 10.1. The Morgan fingerprint density at radius 3 is 0.895 bits per heavy atom. The summed E-state index contributed by atoms with van der Waals surface area (Å²) < 4.78 is 0. The zero-order valence-electron chi connectivity index (χ0n) is 30.6. The van der Waals surface area contributed by atoms with E-state index in [1.165, 1.54) is 0 Å². The van der Waals surface area contributed by atoms with E-state index in [1.807, 2.05) is 159 Å². The molecule has 0 aliphatic heterocycles. The Hall–Kier alpha value is -8.16. The average molecular weight is 735 g/mol. The highest BCUT2D eigenvalue weighted by Crippen LogP contribution is 2.31. The smallest absolute Gasteiger partial charge is 0.187 e. The van der Waals surface area contributed by atoms with Crippen LogP contribution in [0, 0.1) is 13.5 Å². The Morgan fingerprint density at radius 2 is 0.561 bits per heavy atom. The minimum absolute atomic E-state index is 0.487. The number of hydrogen-bond acceptors (Lipinski definition) is 9. The van der Waals surface area contributed by atoms with Gasteiger partial charge in [-0.2, -0.15) is 0 Å². The van der Waals surface area contributed by atoms with Crippen LogP contribution in [-0.2, 0) is 0 Å². The Bertz CT molecular complexity index is 2910. The molecule has 6 aromatic carbocycles. The average Bonchev–Trinajstić information content (AvgIpc) is 3.29. The monoisotopic (exact) mass is 734 g/mol. The summed E-state index contributed by atoms with van der Waals surface area (Å²) in [7, 11) is 0. The molecule has 10 nitrogen and oxygen atoms in total. The fourth-order valence-corrected chi connectivity index (χ4v) is 6.31. The number of rotatable bonds is 8. The van der Waals surface area contributed by atoms with Crippen LogP contribution >= 0.6 is 0 Å². The van der Waals surface area contributed by atoms with Gasteiger partial charge in [0.25, 0.3) is 0 Å². The largest absolute Gasteiger partial charge is 0.238 e. The molecule has 0 saturated carbocycles. The molecule has 0 fully saturated rings. The second-order valence-electron chi connectivity index (χ2n) is 13.1. The third kappa shape index (κ3) is 7.49. The lowest BCUT2D eigenvalue weighted by Crippen LogP contribution is -2.02. The van der Waals surface area contributed by atoms with Crippen molar-refractivity contribution >= 4 is 5.69 Å². The number of benzene rings is 6. The summed E-state index contributed by atoms with van der Waals surface area (Å²) in [6.45, 7) is 9.25. The molecule has 9 rings (SSSR count). The van der Waals surface area contributed by atoms with Crippen molar-refractivity contribution in [2.75, 3.05) is 0 Å². The predicted octanol–water partition coefficient (Wildman–Crippen LogP) is 10.4. The number of nitrogens with zero attached hydrogens (tertiary/aromatic N) is 10. The normalized spacial score (nSPS) is 10.9. The fraction of sp³-hybridized carbons (Fsp3) is 0.0213. The summed E-state index contributed by atoms with van der Waals surface area (Å²) in [4.78, 5) is 47.3. The van der Waals surface area contributed by atoms with E-state index in [0.29, 0.717) is 58.1 Å². The summed E-state index contributed by atoms with van der Waals surface area (Å²) in [6, 6.07) is 52.5. The van der Waals surface area contributed by atoms with Crippen LogP contribution in [0.1, 0.15) is 5.82 Å². The molecule has 0 bridgehead atoms. The fourth-order valence-electron chi connectivity index (χ4n) is 6.31. The van der Waals surface area contributed by atoms with Gasteiger partial charge in [0.05, 0.1) is 6.57 Å².